The van der Waals surface area contributed by atoms with Gasteiger partial charge < -0.3 is 10.5 Å². The quantitative estimate of drug-likeness (QED) is 0.843. The van der Waals surface area contributed by atoms with Crippen LogP contribution >= 0.6 is 23.2 Å². The highest BCUT2D eigenvalue weighted by Gasteiger charge is 2.23. The van der Waals surface area contributed by atoms with Crippen molar-refractivity contribution >= 4 is 23.2 Å². The molecule has 0 amide bonds. The molecule has 20 heavy (non-hydrogen) atoms. The molecular weight excluding hydrogens is 293 g/mol. The molecular formula is C16H23Cl2NO. The van der Waals surface area contributed by atoms with Crippen molar-refractivity contribution in [2.45, 2.75) is 51.6 Å². The fourth-order valence-corrected chi connectivity index (χ4v) is 3.55. The summed E-state index contributed by atoms with van der Waals surface area (Å²) in [4.78, 5) is 0. The second-order valence-corrected chi connectivity index (χ2v) is 6.44. The van der Waals surface area contributed by atoms with Crippen LogP contribution in [-0.4, -0.2) is 12.6 Å². The molecule has 2 atom stereocenters. The average Bonchev–Trinajstić information content (AvgIpc) is 2.43. The van der Waals surface area contributed by atoms with Gasteiger partial charge in [0.2, 0.25) is 0 Å². The van der Waals surface area contributed by atoms with Gasteiger partial charge in [-0.3, -0.25) is 0 Å². The maximum Gasteiger partial charge on any atom is 0.141 e. The van der Waals surface area contributed by atoms with Gasteiger partial charge in [0, 0.05) is 5.02 Å². The predicted molar refractivity (Wildman–Crippen MR) is 85.9 cm³/mol. The van der Waals surface area contributed by atoms with E-state index in [1.807, 2.05) is 6.07 Å². The molecule has 2 rings (SSSR count). The SMILES string of the molecule is CCC1CCCC(Oc2c(Cl)cc(Cl)cc2CCN)C1. The van der Waals surface area contributed by atoms with E-state index >= 15 is 0 Å². The maximum absolute atomic E-state index is 6.31. The molecule has 0 spiro atoms. The first-order chi connectivity index (χ1) is 9.63. The lowest BCUT2D eigenvalue weighted by Crippen LogP contribution is -2.25. The predicted octanol–water partition coefficient (Wildman–Crippen LogP) is 4.84. The molecule has 1 fully saturated rings. The van der Waals surface area contributed by atoms with E-state index in [0.717, 1.165) is 36.5 Å². The molecule has 2 unspecified atom stereocenters. The zero-order valence-electron chi connectivity index (χ0n) is 12.0. The molecule has 1 aliphatic rings. The smallest absolute Gasteiger partial charge is 0.141 e. The first-order valence-corrected chi connectivity index (χ1v) is 8.24. The first kappa shape index (κ1) is 15.9. The third kappa shape index (κ3) is 4.03. The van der Waals surface area contributed by atoms with E-state index in [4.69, 9.17) is 33.7 Å². The Bertz CT molecular complexity index is 450. The van der Waals surface area contributed by atoms with Crippen LogP contribution in [0.5, 0.6) is 5.75 Å². The molecule has 2 nitrogen and oxygen atoms in total. The molecule has 1 aromatic rings. The van der Waals surface area contributed by atoms with Crippen molar-refractivity contribution in [3.05, 3.63) is 27.7 Å². The number of ether oxygens (including phenoxy) is 1. The highest BCUT2D eigenvalue weighted by molar-refractivity contribution is 6.35. The molecule has 0 radical (unpaired) electrons. The zero-order chi connectivity index (χ0) is 14.5. The van der Waals surface area contributed by atoms with E-state index < -0.39 is 0 Å². The van der Waals surface area contributed by atoms with Crippen molar-refractivity contribution < 1.29 is 4.74 Å². The van der Waals surface area contributed by atoms with Crippen molar-refractivity contribution in [2.24, 2.45) is 11.7 Å². The van der Waals surface area contributed by atoms with Gasteiger partial charge in [-0.2, -0.15) is 0 Å². The number of nitrogens with two attached hydrogens (primary N) is 1. The minimum absolute atomic E-state index is 0.267. The minimum Gasteiger partial charge on any atom is -0.489 e. The number of hydrogen-bond donors (Lipinski definition) is 1. The van der Waals surface area contributed by atoms with Gasteiger partial charge in [0.15, 0.2) is 0 Å². The minimum atomic E-state index is 0.267. The Balaban J connectivity index is 2.15. The van der Waals surface area contributed by atoms with Gasteiger partial charge in [0.05, 0.1) is 11.1 Å². The van der Waals surface area contributed by atoms with Gasteiger partial charge in [-0.1, -0.05) is 43.0 Å². The van der Waals surface area contributed by atoms with Gasteiger partial charge in [-0.25, -0.2) is 0 Å². The van der Waals surface area contributed by atoms with Crippen LogP contribution in [0.25, 0.3) is 0 Å². The van der Waals surface area contributed by atoms with Crippen molar-refractivity contribution in [2.75, 3.05) is 6.54 Å². The summed E-state index contributed by atoms with van der Waals surface area (Å²) in [7, 11) is 0. The number of benzene rings is 1. The lowest BCUT2D eigenvalue weighted by Gasteiger charge is -2.30. The number of hydrogen-bond acceptors (Lipinski definition) is 2. The third-order valence-electron chi connectivity index (χ3n) is 4.10. The third-order valence-corrected chi connectivity index (χ3v) is 4.59. The second kappa shape index (κ2) is 7.53. The molecule has 0 aromatic heterocycles. The van der Waals surface area contributed by atoms with Crippen LogP contribution in [0, 0.1) is 5.92 Å². The summed E-state index contributed by atoms with van der Waals surface area (Å²) in [6, 6.07) is 3.66. The molecule has 1 aromatic carbocycles. The highest BCUT2D eigenvalue weighted by atomic mass is 35.5. The topological polar surface area (TPSA) is 35.2 Å². The van der Waals surface area contributed by atoms with Gasteiger partial charge in [-0.05, 0) is 55.8 Å². The molecule has 0 saturated heterocycles. The van der Waals surface area contributed by atoms with Crippen molar-refractivity contribution in [1.82, 2.24) is 0 Å². The summed E-state index contributed by atoms with van der Waals surface area (Å²) in [6.45, 7) is 2.82. The Hall–Kier alpha value is -0.440. The van der Waals surface area contributed by atoms with Crippen molar-refractivity contribution in [1.29, 1.82) is 0 Å². The Morgan fingerprint density at radius 2 is 2.10 bits per heavy atom. The van der Waals surface area contributed by atoms with Gasteiger partial charge in [0.1, 0.15) is 5.75 Å². The normalized spacial score (nSPS) is 22.8. The van der Waals surface area contributed by atoms with Crippen LogP contribution in [0.1, 0.15) is 44.6 Å². The van der Waals surface area contributed by atoms with Crippen LogP contribution in [0.2, 0.25) is 10.0 Å². The molecule has 1 aliphatic carbocycles. The molecule has 0 bridgehead atoms. The number of halogens is 2. The van der Waals surface area contributed by atoms with E-state index in [1.54, 1.807) is 6.07 Å². The lowest BCUT2D eigenvalue weighted by atomic mass is 9.85. The van der Waals surface area contributed by atoms with E-state index in [0.29, 0.717) is 16.6 Å². The van der Waals surface area contributed by atoms with Crippen LogP contribution in [0.15, 0.2) is 12.1 Å². The fourth-order valence-electron chi connectivity index (χ4n) is 2.97. The monoisotopic (exact) mass is 315 g/mol. The summed E-state index contributed by atoms with van der Waals surface area (Å²) in [5, 5.41) is 1.24. The van der Waals surface area contributed by atoms with Crippen molar-refractivity contribution in [3.8, 4) is 5.75 Å². The average molecular weight is 316 g/mol. The lowest BCUT2D eigenvalue weighted by molar-refractivity contribution is 0.121. The van der Waals surface area contributed by atoms with Gasteiger partial charge in [0.25, 0.3) is 0 Å². The Morgan fingerprint density at radius 3 is 2.80 bits per heavy atom. The van der Waals surface area contributed by atoms with Crippen LogP contribution in [-0.2, 0) is 6.42 Å². The van der Waals surface area contributed by atoms with Crippen LogP contribution in [0.3, 0.4) is 0 Å². The van der Waals surface area contributed by atoms with Gasteiger partial charge in [-0.15, -0.1) is 0 Å². The standard InChI is InChI=1S/C16H23Cl2NO/c1-2-11-4-3-5-14(8-11)20-16-12(6-7-19)9-13(17)10-15(16)18/h9-11,14H,2-8,19H2,1H3. The van der Waals surface area contributed by atoms with Crippen LogP contribution < -0.4 is 10.5 Å². The first-order valence-electron chi connectivity index (χ1n) is 7.48. The summed E-state index contributed by atoms with van der Waals surface area (Å²) in [5.41, 5.74) is 6.68. The van der Waals surface area contributed by atoms with E-state index in [9.17, 15) is 0 Å². The summed E-state index contributed by atoms with van der Waals surface area (Å²) in [5.74, 6) is 1.56. The summed E-state index contributed by atoms with van der Waals surface area (Å²) >= 11 is 12.4. The summed E-state index contributed by atoms with van der Waals surface area (Å²) < 4.78 is 6.21. The largest absolute Gasteiger partial charge is 0.489 e. The molecule has 0 heterocycles. The Kier molecular flexibility index (Phi) is 6.01. The van der Waals surface area contributed by atoms with Crippen LogP contribution in [0.4, 0.5) is 0 Å². The summed E-state index contributed by atoms with van der Waals surface area (Å²) in [6.07, 6.45) is 7.02. The highest BCUT2D eigenvalue weighted by Crippen LogP contribution is 2.36. The maximum atomic E-state index is 6.31. The molecule has 0 aliphatic heterocycles. The molecule has 1 saturated carbocycles. The fraction of sp³-hybridized carbons (Fsp3) is 0.625. The Morgan fingerprint density at radius 1 is 1.30 bits per heavy atom. The van der Waals surface area contributed by atoms with Gasteiger partial charge >= 0.3 is 0 Å². The van der Waals surface area contributed by atoms with E-state index in [2.05, 4.69) is 6.92 Å². The molecule has 2 N–H and O–H groups in total. The molecule has 112 valence electrons. The molecule has 4 heteroatoms. The zero-order valence-corrected chi connectivity index (χ0v) is 13.5. The van der Waals surface area contributed by atoms with E-state index in [-0.39, 0.29) is 6.10 Å². The van der Waals surface area contributed by atoms with E-state index in [1.165, 1.54) is 19.3 Å². The second-order valence-electron chi connectivity index (χ2n) is 5.60. The Labute approximate surface area is 131 Å². The van der Waals surface area contributed by atoms with Crippen molar-refractivity contribution in [3.63, 3.8) is 0 Å². The number of rotatable bonds is 5.